The maximum atomic E-state index is 11.2. The average Bonchev–Trinajstić information content (AvgIpc) is 2.30. The average molecular weight is 319 g/mol. The molecule has 0 aromatic heterocycles. The van der Waals surface area contributed by atoms with Crippen molar-refractivity contribution in [3.8, 4) is 0 Å². The summed E-state index contributed by atoms with van der Waals surface area (Å²) in [4.78, 5) is 22.3. The molecule has 0 spiro atoms. The number of carboxylic acids is 1. The number of aliphatic carboxylic acids is 1. The summed E-state index contributed by atoms with van der Waals surface area (Å²) in [6.07, 6.45) is -1.43. The van der Waals surface area contributed by atoms with Gasteiger partial charge < -0.3 is 10.2 Å². The number of halogens is 1. The number of thiol groups is 1. The van der Waals surface area contributed by atoms with Gasteiger partial charge in [-0.2, -0.15) is 0 Å². The van der Waals surface area contributed by atoms with Crippen LogP contribution in [0.1, 0.15) is 17.2 Å². The molecular weight excluding hydrogens is 308 g/mol. The number of hydrogen-bond donors (Lipinski definition) is 3. The van der Waals surface area contributed by atoms with Crippen molar-refractivity contribution in [2.75, 3.05) is 5.33 Å². The normalized spacial score (nSPS) is 12.2. The summed E-state index contributed by atoms with van der Waals surface area (Å²) in [6, 6.07) is 4.74. The van der Waals surface area contributed by atoms with E-state index in [4.69, 9.17) is 5.11 Å². The number of carbonyl (C=O) groups excluding carboxylic acids is 1. The molecule has 0 fully saturated rings. The second kappa shape index (κ2) is 6.18. The van der Waals surface area contributed by atoms with E-state index in [0.29, 0.717) is 10.5 Å². The summed E-state index contributed by atoms with van der Waals surface area (Å²) in [6.45, 7) is 0. The molecule has 4 nitrogen and oxygen atoms in total. The first kappa shape index (κ1) is 14.2. The Morgan fingerprint density at radius 1 is 1.41 bits per heavy atom. The van der Waals surface area contributed by atoms with Crippen molar-refractivity contribution >= 4 is 40.3 Å². The zero-order valence-corrected chi connectivity index (χ0v) is 11.2. The van der Waals surface area contributed by atoms with Crippen LogP contribution >= 0.6 is 28.6 Å². The summed E-state index contributed by atoms with van der Waals surface area (Å²) in [5.41, 5.74) is 0.850. The minimum Gasteiger partial charge on any atom is -0.479 e. The highest BCUT2D eigenvalue weighted by atomic mass is 79.9. The van der Waals surface area contributed by atoms with Gasteiger partial charge in [0.05, 0.1) is 5.33 Å². The van der Waals surface area contributed by atoms with Gasteiger partial charge in [-0.3, -0.25) is 4.79 Å². The number of carboxylic acid groups (broad SMARTS) is 1. The van der Waals surface area contributed by atoms with E-state index in [1.165, 1.54) is 6.07 Å². The van der Waals surface area contributed by atoms with Crippen molar-refractivity contribution in [2.45, 2.75) is 17.4 Å². The van der Waals surface area contributed by atoms with Gasteiger partial charge in [-0.05, 0) is 11.6 Å². The van der Waals surface area contributed by atoms with Gasteiger partial charge in [0.2, 0.25) is 0 Å². The molecule has 1 atom stereocenters. The molecule has 1 aromatic rings. The third-order valence-corrected chi connectivity index (χ3v) is 3.20. The Morgan fingerprint density at radius 3 is 2.59 bits per heavy atom. The summed E-state index contributed by atoms with van der Waals surface area (Å²) in [5, 5.41) is 18.4. The lowest BCUT2D eigenvalue weighted by Gasteiger charge is -2.10. The zero-order chi connectivity index (χ0) is 13.0. The summed E-state index contributed by atoms with van der Waals surface area (Å²) >= 11 is 7.12. The molecule has 17 heavy (non-hydrogen) atoms. The fourth-order valence-electron chi connectivity index (χ4n) is 1.34. The maximum Gasteiger partial charge on any atom is 0.337 e. The van der Waals surface area contributed by atoms with Crippen LogP contribution in [0.3, 0.4) is 0 Å². The number of carbonyl (C=O) groups is 2. The molecule has 1 rings (SSSR count). The Bertz CT molecular complexity index is 447. The number of ketones is 1. The van der Waals surface area contributed by atoms with Gasteiger partial charge in [0.25, 0.3) is 0 Å². The molecule has 6 heteroatoms. The first-order valence-corrected chi connectivity index (χ1v) is 6.33. The Balaban J connectivity index is 3.02. The van der Waals surface area contributed by atoms with E-state index >= 15 is 0 Å². The number of aliphatic hydroxyl groups is 1. The predicted octanol–water partition coefficient (Wildman–Crippen LogP) is 1.60. The van der Waals surface area contributed by atoms with Crippen molar-refractivity contribution in [3.05, 3.63) is 29.3 Å². The van der Waals surface area contributed by atoms with E-state index in [1.807, 2.05) is 0 Å². The second-order valence-electron chi connectivity index (χ2n) is 3.48. The number of aliphatic hydroxyl groups excluding tert-OH is 1. The molecule has 2 N–H and O–H groups in total. The van der Waals surface area contributed by atoms with Crippen LogP contribution < -0.4 is 0 Å². The number of Topliss-reactive ketones (excluding diaryl/α,β-unsaturated/α-hetero) is 1. The van der Waals surface area contributed by atoms with Crippen LogP contribution in [0.25, 0.3) is 0 Å². The highest BCUT2D eigenvalue weighted by Crippen LogP contribution is 2.23. The van der Waals surface area contributed by atoms with Crippen molar-refractivity contribution in [2.24, 2.45) is 0 Å². The van der Waals surface area contributed by atoms with Crippen LogP contribution in [0.5, 0.6) is 0 Å². The summed E-state index contributed by atoms with van der Waals surface area (Å²) < 4.78 is 0. The largest absolute Gasteiger partial charge is 0.479 e. The van der Waals surface area contributed by atoms with E-state index in [-0.39, 0.29) is 23.1 Å². The number of benzene rings is 1. The van der Waals surface area contributed by atoms with Crippen LogP contribution in [-0.2, 0) is 16.0 Å². The second-order valence-corrected chi connectivity index (χ2v) is 4.53. The topological polar surface area (TPSA) is 74.6 Å². The molecule has 0 radical (unpaired) electrons. The van der Waals surface area contributed by atoms with Crippen molar-refractivity contribution in [3.63, 3.8) is 0 Å². The van der Waals surface area contributed by atoms with Gasteiger partial charge in [-0.15, -0.1) is 12.6 Å². The molecule has 0 aliphatic rings. The minimum absolute atomic E-state index is 0.0207. The third-order valence-electron chi connectivity index (χ3n) is 2.17. The van der Waals surface area contributed by atoms with Crippen molar-refractivity contribution in [1.82, 2.24) is 0 Å². The van der Waals surface area contributed by atoms with Crippen LogP contribution in [0, 0.1) is 0 Å². The van der Waals surface area contributed by atoms with Crippen LogP contribution in [0.15, 0.2) is 23.1 Å². The Labute approximate surface area is 112 Å². The standard InChI is InChI=1S/C11H11BrO4S/c12-5-7(13)3-6-1-2-9(17)8(4-6)10(14)11(15)16/h1-2,4,10,14,17H,3,5H2,(H,15,16). The quantitative estimate of drug-likeness (QED) is 0.569. The fraction of sp³-hybridized carbons (Fsp3) is 0.273. The van der Waals surface area contributed by atoms with Gasteiger partial charge in [0.1, 0.15) is 5.78 Å². The van der Waals surface area contributed by atoms with Crippen LogP contribution in [0.4, 0.5) is 0 Å². The van der Waals surface area contributed by atoms with Gasteiger partial charge >= 0.3 is 5.97 Å². The van der Waals surface area contributed by atoms with E-state index in [0.717, 1.165) is 0 Å². The van der Waals surface area contributed by atoms with Crippen LogP contribution in [0.2, 0.25) is 0 Å². The monoisotopic (exact) mass is 318 g/mol. The molecule has 0 amide bonds. The maximum absolute atomic E-state index is 11.2. The highest BCUT2D eigenvalue weighted by Gasteiger charge is 2.19. The molecule has 1 unspecified atom stereocenters. The Kier molecular flexibility index (Phi) is 5.17. The third kappa shape index (κ3) is 3.83. The fourth-order valence-corrected chi connectivity index (χ4v) is 1.80. The van der Waals surface area contributed by atoms with E-state index in [9.17, 15) is 14.7 Å². The molecule has 92 valence electrons. The Morgan fingerprint density at radius 2 is 2.06 bits per heavy atom. The lowest BCUT2D eigenvalue weighted by Crippen LogP contribution is -2.12. The molecule has 0 saturated heterocycles. The molecule has 0 aliphatic carbocycles. The predicted molar refractivity (Wildman–Crippen MR) is 68.8 cm³/mol. The molecule has 0 saturated carbocycles. The molecule has 0 bridgehead atoms. The smallest absolute Gasteiger partial charge is 0.337 e. The number of hydrogen-bond acceptors (Lipinski definition) is 4. The summed E-state index contributed by atoms with van der Waals surface area (Å²) in [7, 11) is 0. The SMILES string of the molecule is O=C(CBr)Cc1ccc(S)c(C(O)C(=O)O)c1. The Hall–Kier alpha value is -0.850. The zero-order valence-electron chi connectivity index (χ0n) is 8.76. The van der Waals surface area contributed by atoms with Crippen molar-refractivity contribution in [1.29, 1.82) is 0 Å². The first-order chi connectivity index (χ1) is 7.95. The lowest BCUT2D eigenvalue weighted by molar-refractivity contribution is -0.147. The van der Waals surface area contributed by atoms with Crippen molar-refractivity contribution < 1.29 is 19.8 Å². The van der Waals surface area contributed by atoms with Crippen LogP contribution in [-0.4, -0.2) is 27.3 Å². The van der Waals surface area contributed by atoms with Gasteiger partial charge in [0, 0.05) is 16.9 Å². The number of rotatable bonds is 5. The molecule has 0 heterocycles. The lowest BCUT2D eigenvalue weighted by atomic mass is 10.0. The molecule has 1 aromatic carbocycles. The van der Waals surface area contributed by atoms with E-state index in [1.54, 1.807) is 12.1 Å². The summed E-state index contributed by atoms with van der Waals surface area (Å²) in [5.74, 6) is -1.36. The van der Waals surface area contributed by atoms with E-state index in [2.05, 4.69) is 28.6 Å². The number of alkyl halides is 1. The molecular formula is C11H11BrO4S. The molecule has 0 aliphatic heterocycles. The van der Waals surface area contributed by atoms with E-state index < -0.39 is 12.1 Å². The van der Waals surface area contributed by atoms with Gasteiger partial charge in [-0.1, -0.05) is 28.1 Å². The van der Waals surface area contributed by atoms with Gasteiger partial charge in [-0.25, -0.2) is 4.79 Å². The highest BCUT2D eigenvalue weighted by molar-refractivity contribution is 9.09. The first-order valence-electron chi connectivity index (χ1n) is 4.76. The minimum atomic E-state index is -1.62. The van der Waals surface area contributed by atoms with Gasteiger partial charge in [0.15, 0.2) is 6.10 Å².